The van der Waals surface area contributed by atoms with Crippen LogP contribution in [0.5, 0.6) is 11.5 Å². The van der Waals surface area contributed by atoms with Crippen molar-refractivity contribution in [2.45, 2.75) is 13.3 Å². The molecular formula is C26H23NO4. The number of hydrogen-bond acceptors (Lipinski definition) is 5. The van der Waals surface area contributed by atoms with Crippen molar-refractivity contribution in [2.24, 2.45) is 0 Å². The summed E-state index contributed by atoms with van der Waals surface area (Å²) in [5.74, 6) is 1.59. The van der Waals surface area contributed by atoms with Crippen molar-refractivity contribution in [2.75, 3.05) is 13.7 Å². The van der Waals surface area contributed by atoms with Crippen LogP contribution in [-0.4, -0.2) is 24.5 Å². The number of ketones is 1. The van der Waals surface area contributed by atoms with Crippen LogP contribution in [-0.2, 0) is 0 Å². The van der Waals surface area contributed by atoms with Crippen molar-refractivity contribution in [1.82, 2.24) is 4.98 Å². The highest BCUT2D eigenvalue weighted by atomic mass is 16.5. The third kappa shape index (κ3) is 4.67. The molecule has 1 aromatic heterocycles. The van der Waals surface area contributed by atoms with Gasteiger partial charge in [-0.05, 0) is 66.6 Å². The molecule has 0 saturated heterocycles. The van der Waals surface area contributed by atoms with Gasteiger partial charge in [0.05, 0.1) is 19.3 Å². The molecule has 0 spiro atoms. The molecule has 4 aromatic rings. The standard InChI is InChI=1S/C26H23NO4/c1-3-16-30-21-14-10-19(11-15-21)25(28)22(17-18-8-12-20(29-2)13-9-18)26-27-23-6-4-5-7-24(23)31-26/h4-15,17H,3,16H2,1-2H3. The fourth-order valence-electron chi connectivity index (χ4n) is 3.16. The van der Waals surface area contributed by atoms with Gasteiger partial charge in [-0.3, -0.25) is 4.79 Å². The van der Waals surface area contributed by atoms with E-state index in [9.17, 15) is 4.79 Å². The number of oxazole rings is 1. The monoisotopic (exact) mass is 413 g/mol. The van der Waals surface area contributed by atoms with E-state index in [0.29, 0.717) is 28.8 Å². The fraction of sp³-hybridized carbons (Fsp3) is 0.154. The zero-order chi connectivity index (χ0) is 21.6. The lowest BCUT2D eigenvalue weighted by Gasteiger charge is -2.07. The van der Waals surface area contributed by atoms with Crippen LogP contribution in [0, 0.1) is 0 Å². The summed E-state index contributed by atoms with van der Waals surface area (Å²) in [4.78, 5) is 18.0. The number of para-hydroxylation sites is 2. The van der Waals surface area contributed by atoms with Crippen molar-refractivity contribution in [1.29, 1.82) is 0 Å². The molecule has 1 heterocycles. The number of carbonyl (C=O) groups is 1. The summed E-state index contributed by atoms with van der Waals surface area (Å²) < 4.78 is 16.8. The maximum atomic E-state index is 13.4. The summed E-state index contributed by atoms with van der Waals surface area (Å²) in [6, 6.07) is 22.1. The number of Topliss-reactive ketones (excluding diaryl/α,β-unsaturated/α-hetero) is 1. The number of rotatable bonds is 8. The third-order valence-corrected chi connectivity index (χ3v) is 4.79. The summed E-state index contributed by atoms with van der Waals surface area (Å²) in [6.45, 7) is 2.69. The molecule has 5 nitrogen and oxygen atoms in total. The quantitative estimate of drug-likeness (QED) is 0.260. The Kier molecular flexibility index (Phi) is 6.13. The van der Waals surface area contributed by atoms with Crippen molar-refractivity contribution in [3.63, 3.8) is 0 Å². The molecule has 0 bridgehead atoms. The van der Waals surface area contributed by atoms with E-state index in [1.54, 1.807) is 37.5 Å². The molecule has 0 aliphatic rings. The Hall–Kier alpha value is -3.86. The predicted octanol–water partition coefficient (Wildman–Crippen LogP) is 6.05. The molecule has 0 fully saturated rings. The Bertz CT molecular complexity index is 1170. The van der Waals surface area contributed by atoms with Crippen LogP contribution in [0.4, 0.5) is 0 Å². The summed E-state index contributed by atoms with van der Waals surface area (Å²) in [5.41, 5.74) is 3.09. The summed E-state index contributed by atoms with van der Waals surface area (Å²) in [6.07, 6.45) is 2.71. The van der Waals surface area contributed by atoms with Crippen LogP contribution < -0.4 is 9.47 Å². The number of allylic oxidation sites excluding steroid dienone is 1. The normalized spacial score (nSPS) is 11.5. The van der Waals surface area contributed by atoms with Gasteiger partial charge in [0.2, 0.25) is 5.89 Å². The number of hydrogen-bond donors (Lipinski definition) is 0. The lowest BCUT2D eigenvalue weighted by molar-refractivity contribution is 0.105. The number of fused-ring (bicyclic) bond motifs is 1. The fourth-order valence-corrected chi connectivity index (χ4v) is 3.16. The lowest BCUT2D eigenvalue weighted by Crippen LogP contribution is -2.04. The van der Waals surface area contributed by atoms with Gasteiger partial charge in [0.1, 0.15) is 17.0 Å². The van der Waals surface area contributed by atoms with Crippen LogP contribution in [0.3, 0.4) is 0 Å². The second-order valence-corrected chi connectivity index (χ2v) is 7.02. The number of methoxy groups -OCH3 is 1. The van der Waals surface area contributed by atoms with Gasteiger partial charge in [0.15, 0.2) is 11.4 Å². The number of carbonyl (C=O) groups excluding carboxylic acids is 1. The number of ether oxygens (including phenoxy) is 2. The molecule has 0 radical (unpaired) electrons. The first kappa shape index (κ1) is 20.4. The zero-order valence-electron chi connectivity index (χ0n) is 17.5. The van der Waals surface area contributed by atoms with Crippen LogP contribution in [0.15, 0.2) is 77.2 Å². The van der Waals surface area contributed by atoms with Crippen LogP contribution >= 0.6 is 0 Å². The van der Waals surface area contributed by atoms with Gasteiger partial charge in [0.25, 0.3) is 0 Å². The highest BCUT2D eigenvalue weighted by Crippen LogP contribution is 2.27. The molecule has 5 heteroatoms. The molecule has 31 heavy (non-hydrogen) atoms. The summed E-state index contributed by atoms with van der Waals surface area (Å²) in [7, 11) is 1.62. The summed E-state index contributed by atoms with van der Waals surface area (Å²) >= 11 is 0. The maximum Gasteiger partial charge on any atom is 0.231 e. The molecular weight excluding hydrogens is 390 g/mol. The van der Waals surface area contributed by atoms with E-state index in [1.165, 1.54) is 0 Å². The Morgan fingerprint density at radius 1 is 0.968 bits per heavy atom. The maximum absolute atomic E-state index is 13.4. The molecule has 0 amide bonds. The van der Waals surface area contributed by atoms with Gasteiger partial charge in [0, 0.05) is 5.56 Å². The molecule has 0 atom stereocenters. The molecule has 156 valence electrons. The minimum atomic E-state index is -0.176. The highest BCUT2D eigenvalue weighted by molar-refractivity contribution is 6.31. The van der Waals surface area contributed by atoms with E-state index in [2.05, 4.69) is 11.9 Å². The van der Waals surface area contributed by atoms with Crippen molar-refractivity contribution >= 4 is 28.5 Å². The van der Waals surface area contributed by atoms with Crippen LogP contribution in [0.2, 0.25) is 0 Å². The number of nitrogens with zero attached hydrogens (tertiary/aromatic N) is 1. The van der Waals surface area contributed by atoms with E-state index in [0.717, 1.165) is 23.5 Å². The number of aromatic nitrogens is 1. The van der Waals surface area contributed by atoms with Crippen LogP contribution in [0.25, 0.3) is 22.7 Å². The number of benzene rings is 3. The van der Waals surface area contributed by atoms with E-state index < -0.39 is 0 Å². The van der Waals surface area contributed by atoms with Crippen LogP contribution in [0.1, 0.15) is 35.2 Å². The zero-order valence-corrected chi connectivity index (χ0v) is 17.5. The average molecular weight is 413 g/mol. The predicted molar refractivity (Wildman–Crippen MR) is 121 cm³/mol. The Labute approximate surface area is 180 Å². The highest BCUT2D eigenvalue weighted by Gasteiger charge is 2.20. The molecule has 0 N–H and O–H groups in total. The summed E-state index contributed by atoms with van der Waals surface area (Å²) in [5, 5.41) is 0. The molecule has 0 unspecified atom stereocenters. The second kappa shape index (κ2) is 9.30. The molecule has 4 rings (SSSR count). The van der Waals surface area contributed by atoms with Crippen molar-refractivity contribution < 1.29 is 18.7 Å². The SMILES string of the molecule is CCCOc1ccc(C(=O)C(=Cc2ccc(OC)cc2)c2nc3ccccc3o2)cc1. The van der Waals surface area contributed by atoms with Gasteiger partial charge in [-0.2, -0.15) is 0 Å². The van der Waals surface area contributed by atoms with E-state index >= 15 is 0 Å². The van der Waals surface area contributed by atoms with E-state index in [-0.39, 0.29) is 11.7 Å². The van der Waals surface area contributed by atoms with E-state index in [1.807, 2.05) is 48.5 Å². The van der Waals surface area contributed by atoms with Crippen molar-refractivity contribution in [3.05, 3.63) is 89.8 Å². The molecule has 3 aromatic carbocycles. The minimum absolute atomic E-state index is 0.176. The topological polar surface area (TPSA) is 61.6 Å². The molecule has 0 aliphatic carbocycles. The first-order valence-electron chi connectivity index (χ1n) is 10.2. The minimum Gasteiger partial charge on any atom is -0.497 e. The largest absolute Gasteiger partial charge is 0.497 e. The lowest BCUT2D eigenvalue weighted by atomic mass is 10.0. The average Bonchev–Trinajstić information content (AvgIpc) is 3.25. The first-order chi connectivity index (χ1) is 15.2. The Morgan fingerprint density at radius 2 is 1.68 bits per heavy atom. The molecule has 0 aliphatic heterocycles. The van der Waals surface area contributed by atoms with Gasteiger partial charge in [-0.25, -0.2) is 4.98 Å². The van der Waals surface area contributed by atoms with Gasteiger partial charge in [-0.1, -0.05) is 31.2 Å². The first-order valence-corrected chi connectivity index (χ1v) is 10.2. The Morgan fingerprint density at radius 3 is 2.35 bits per heavy atom. The second-order valence-electron chi connectivity index (χ2n) is 7.02. The van der Waals surface area contributed by atoms with Gasteiger partial charge >= 0.3 is 0 Å². The third-order valence-electron chi connectivity index (χ3n) is 4.79. The van der Waals surface area contributed by atoms with E-state index in [4.69, 9.17) is 13.9 Å². The van der Waals surface area contributed by atoms with Gasteiger partial charge < -0.3 is 13.9 Å². The molecule has 0 saturated carbocycles. The van der Waals surface area contributed by atoms with Crippen molar-refractivity contribution in [3.8, 4) is 11.5 Å². The Balaban J connectivity index is 1.73. The van der Waals surface area contributed by atoms with Gasteiger partial charge in [-0.15, -0.1) is 0 Å². The smallest absolute Gasteiger partial charge is 0.231 e.